The van der Waals surface area contributed by atoms with Gasteiger partial charge in [0, 0.05) is 5.56 Å². The number of anilines is 1. The molecule has 1 N–H and O–H groups in total. The van der Waals surface area contributed by atoms with Crippen LogP contribution >= 0.6 is 11.6 Å². The normalized spacial score (nSPS) is 15.1. The molecule has 0 radical (unpaired) electrons. The minimum Gasteiger partial charge on any atom is -0.497 e. The van der Waals surface area contributed by atoms with Crippen molar-refractivity contribution in [2.45, 2.75) is 26.3 Å². The number of carbonyl (C=O) groups excluding carboxylic acids is 4. The van der Waals surface area contributed by atoms with E-state index in [4.69, 9.17) is 16.3 Å². The molecule has 1 fully saturated rings. The lowest BCUT2D eigenvalue weighted by Crippen LogP contribution is -2.54. The number of methoxy groups -OCH3 is 1. The molecule has 1 atom stereocenters. The van der Waals surface area contributed by atoms with Crippen molar-refractivity contribution in [2.75, 3.05) is 12.0 Å². The molecule has 9 heteroatoms. The van der Waals surface area contributed by atoms with Gasteiger partial charge in [-0.15, -0.1) is 0 Å². The van der Waals surface area contributed by atoms with Crippen LogP contribution in [0.3, 0.4) is 0 Å². The molecule has 4 rings (SSSR count). The number of carbonyl (C=O) groups is 4. The van der Waals surface area contributed by atoms with Crippen molar-refractivity contribution in [1.29, 1.82) is 0 Å². The second-order valence-corrected chi connectivity index (χ2v) is 8.86. The van der Waals surface area contributed by atoms with E-state index in [-0.39, 0.29) is 22.6 Å². The second-order valence-electron chi connectivity index (χ2n) is 8.46. The van der Waals surface area contributed by atoms with Gasteiger partial charge in [0.15, 0.2) is 0 Å². The Bertz CT molecular complexity index is 1340. The Labute approximate surface area is 213 Å². The largest absolute Gasteiger partial charge is 0.497 e. The third-order valence-electron chi connectivity index (χ3n) is 5.80. The monoisotopic (exact) mass is 505 g/mol. The van der Waals surface area contributed by atoms with Crippen LogP contribution < -0.4 is 15.1 Å². The Kier molecular flexibility index (Phi) is 7.07. The van der Waals surface area contributed by atoms with Crippen molar-refractivity contribution < 1.29 is 23.9 Å². The SMILES string of the molecule is COc1ccc(C(=O)NN(C(=O)c2ccccc2Cl)C2CC(=O)N(c3cc(C)cc(C)c3)C2=O)cc1. The number of benzene rings is 3. The van der Waals surface area contributed by atoms with Crippen LogP contribution in [0.25, 0.3) is 0 Å². The van der Waals surface area contributed by atoms with E-state index in [9.17, 15) is 19.2 Å². The predicted octanol–water partition coefficient (Wildman–Crippen LogP) is 4.08. The number of rotatable bonds is 5. The number of aryl methyl sites for hydroxylation is 2. The Morgan fingerprint density at radius 1 is 1.00 bits per heavy atom. The maximum Gasteiger partial charge on any atom is 0.274 e. The molecule has 0 saturated carbocycles. The summed E-state index contributed by atoms with van der Waals surface area (Å²) >= 11 is 6.24. The zero-order chi connectivity index (χ0) is 26.0. The highest BCUT2D eigenvalue weighted by Gasteiger charge is 2.46. The number of halogens is 1. The van der Waals surface area contributed by atoms with Gasteiger partial charge in [0.1, 0.15) is 11.8 Å². The first-order valence-corrected chi connectivity index (χ1v) is 11.6. The Hall–Kier alpha value is -4.17. The summed E-state index contributed by atoms with van der Waals surface area (Å²) in [6.07, 6.45) is -0.301. The summed E-state index contributed by atoms with van der Waals surface area (Å²) in [7, 11) is 1.50. The molecule has 8 nitrogen and oxygen atoms in total. The van der Waals surface area contributed by atoms with Crippen LogP contribution in [0.15, 0.2) is 66.7 Å². The lowest BCUT2D eigenvalue weighted by atomic mass is 10.1. The molecule has 184 valence electrons. The summed E-state index contributed by atoms with van der Waals surface area (Å²) in [6.45, 7) is 3.72. The van der Waals surface area contributed by atoms with E-state index in [0.29, 0.717) is 11.4 Å². The van der Waals surface area contributed by atoms with Crippen molar-refractivity contribution in [2.24, 2.45) is 0 Å². The van der Waals surface area contributed by atoms with Crippen LogP contribution in [0.4, 0.5) is 5.69 Å². The van der Waals surface area contributed by atoms with E-state index in [0.717, 1.165) is 21.0 Å². The predicted molar refractivity (Wildman–Crippen MR) is 135 cm³/mol. The second kappa shape index (κ2) is 10.2. The summed E-state index contributed by atoms with van der Waals surface area (Å²) in [5.74, 6) is -1.90. The molecule has 0 spiro atoms. The van der Waals surface area contributed by atoms with E-state index in [2.05, 4.69) is 5.43 Å². The highest BCUT2D eigenvalue weighted by Crippen LogP contribution is 2.28. The van der Waals surface area contributed by atoms with Crippen LogP contribution in [0.2, 0.25) is 5.02 Å². The Morgan fingerprint density at radius 3 is 2.25 bits per heavy atom. The summed E-state index contributed by atoms with van der Waals surface area (Å²) in [6, 6.07) is 16.6. The highest BCUT2D eigenvalue weighted by molar-refractivity contribution is 6.34. The van der Waals surface area contributed by atoms with Gasteiger partial charge in [-0.25, -0.2) is 9.91 Å². The lowest BCUT2D eigenvalue weighted by Gasteiger charge is -2.28. The number of nitrogens with one attached hydrogen (secondary N) is 1. The molecule has 0 aliphatic carbocycles. The van der Waals surface area contributed by atoms with Gasteiger partial charge in [-0.3, -0.25) is 24.6 Å². The summed E-state index contributed by atoms with van der Waals surface area (Å²) in [5.41, 5.74) is 5.02. The van der Waals surface area contributed by atoms with Gasteiger partial charge in [0.05, 0.1) is 29.8 Å². The molecular formula is C27H24ClN3O5. The summed E-state index contributed by atoms with van der Waals surface area (Å²) < 4.78 is 5.12. The molecule has 1 saturated heterocycles. The molecule has 1 aliphatic rings. The third kappa shape index (κ3) is 4.94. The van der Waals surface area contributed by atoms with E-state index >= 15 is 0 Å². The molecule has 3 aromatic carbocycles. The smallest absolute Gasteiger partial charge is 0.274 e. The Morgan fingerprint density at radius 2 is 1.64 bits per heavy atom. The van der Waals surface area contributed by atoms with Gasteiger partial charge in [0.25, 0.3) is 17.7 Å². The molecular weight excluding hydrogens is 482 g/mol. The molecule has 3 aromatic rings. The minimum absolute atomic E-state index is 0.0827. The number of amides is 4. The van der Waals surface area contributed by atoms with Crippen LogP contribution in [0, 0.1) is 13.8 Å². The molecule has 36 heavy (non-hydrogen) atoms. The van der Waals surface area contributed by atoms with E-state index in [1.54, 1.807) is 36.4 Å². The number of nitrogens with zero attached hydrogens (tertiary/aromatic N) is 2. The van der Waals surface area contributed by atoms with Gasteiger partial charge in [-0.1, -0.05) is 29.8 Å². The topological polar surface area (TPSA) is 96.0 Å². The quantitative estimate of drug-likeness (QED) is 0.416. The summed E-state index contributed by atoms with van der Waals surface area (Å²) in [5, 5.41) is 1.05. The van der Waals surface area contributed by atoms with Gasteiger partial charge in [0.2, 0.25) is 5.91 Å². The number of hydrogen-bond donors (Lipinski definition) is 1. The number of hydrazine groups is 1. The Balaban J connectivity index is 1.70. The van der Waals surface area contributed by atoms with Crippen molar-refractivity contribution in [3.05, 3.63) is 94.0 Å². The number of imide groups is 1. The molecule has 0 aromatic heterocycles. The van der Waals surface area contributed by atoms with Crippen molar-refractivity contribution in [3.8, 4) is 5.75 Å². The van der Waals surface area contributed by atoms with Crippen LogP contribution in [-0.2, 0) is 9.59 Å². The number of hydrogen-bond acceptors (Lipinski definition) is 5. The van der Waals surface area contributed by atoms with Crippen molar-refractivity contribution in [1.82, 2.24) is 10.4 Å². The first-order valence-electron chi connectivity index (χ1n) is 11.2. The average molecular weight is 506 g/mol. The van der Waals surface area contributed by atoms with Gasteiger partial charge >= 0.3 is 0 Å². The van der Waals surface area contributed by atoms with Crippen molar-refractivity contribution in [3.63, 3.8) is 0 Å². The van der Waals surface area contributed by atoms with E-state index in [1.807, 2.05) is 19.9 Å². The number of ether oxygens (including phenoxy) is 1. The maximum atomic E-state index is 13.5. The zero-order valence-corrected chi connectivity index (χ0v) is 20.7. The minimum atomic E-state index is -1.26. The third-order valence-corrected chi connectivity index (χ3v) is 6.13. The van der Waals surface area contributed by atoms with Gasteiger partial charge < -0.3 is 4.74 Å². The highest BCUT2D eigenvalue weighted by atomic mass is 35.5. The molecule has 0 bridgehead atoms. The first kappa shape index (κ1) is 24.9. The fourth-order valence-electron chi connectivity index (χ4n) is 4.12. The van der Waals surface area contributed by atoms with Crippen LogP contribution in [0.1, 0.15) is 38.3 Å². The molecule has 1 heterocycles. The average Bonchev–Trinajstić information content (AvgIpc) is 3.15. The van der Waals surface area contributed by atoms with Crippen LogP contribution in [-0.4, -0.2) is 41.8 Å². The van der Waals surface area contributed by atoms with E-state index < -0.39 is 29.7 Å². The molecule has 1 aliphatic heterocycles. The maximum absolute atomic E-state index is 13.5. The van der Waals surface area contributed by atoms with Gasteiger partial charge in [-0.2, -0.15) is 0 Å². The fraction of sp³-hybridized carbons (Fsp3) is 0.185. The first-order chi connectivity index (χ1) is 17.2. The lowest BCUT2D eigenvalue weighted by molar-refractivity contribution is -0.122. The zero-order valence-electron chi connectivity index (χ0n) is 19.9. The molecule has 4 amide bonds. The van der Waals surface area contributed by atoms with Gasteiger partial charge in [-0.05, 0) is 73.5 Å². The van der Waals surface area contributed by atoms with E-state index in [1.165, 1.54) is 31.4 Å². The fourth-order valence-corrected chi connectivity index (χ4v) is 4.34. The van der Waals surface area contributed by atoms with Crippen LogP contribution in [0.5, 0.6) is 5.75 Å². The van der Waals surface area contributed by atoms with Crippen molar-refractivity contribution >= 4 is 40.9 Å². The molecule has 1 unspecified atom stereocenters. The summed E-state index contributed by atoms with van der Waals surface area (Å²) in [4.78, 5) is 54.2. The standard InChI is InChI=1S/C27H24ClN3O5/c1-16-12-17(2)14-19(13-16)30-24(32)15-23(27(30)35)31(26(34)21-6-4-5-7-22(21)28)29-25(33)18-8-10-20(36-3)11-9-18/h4-14,23H,15H2,1-3H3,(H,29,33).